The Kier molecular flexibility index (Phi) is 3.96. The number of rotatable bonds is 5. The Bertz CT molecular complexity index is 639. The number of aryl methyl sites for hydroxylation is 2. The van der Waals surface area contributed by atoms with Gasteiger partial charge in [0.1, 0.15) is 5.82 Å². The summed E-state index contributed by atoms with van der Waals surface area (Å²) < 4.78 is 1.97. The largest absolute Gasteiger partial charge is 0.363 e. The van der Waals surface area contributed by atoms with Gasteiger partial charge < -0.3 is 10.2 Å². The van der Waals surface area contributed by atoms with Crippen LogP contribution in [-0.4, -0.2) is 23.9 Å². The van der Waals surface area contributed by atoms with E-state index in [1.54, 1.807) is 0 Å². The molecule has 1 aliphatic carbocycles. The lowest BCUT2D eigenvalue weighted by Crippen LogP contribution is -2.47. The second-order valence-electron chi connectivity index (χ2n) is 6.56. The molecule has 0 aliphatic heterocycles. The Labute approximate surface area is 133 Å². The topological polar surface area (TPSA) is 33.1 Å². The van der Waals surface area contributed by atoms with Gasteiger partial charge >= 0.3 is 0 Å². The van der Waals surface area contributed by atoms with E-state index in [0.29, 0.717) is 0 Å². The lowest BCUT2D eigenvalue weighted by molar-refractivity contribution is 0.183. The monoisotopic (exact) mass is 298 g/mol. The molecule has 0 unspecified atom stereocenters. The van der Waals surface area contributed by atoms with Gasteiger partial charge in [-0.25, -0.2) is 0 Å². The van der Waals surface area contributed by atoms with Crippen LogP contribution in [0.2, 0.25) is 0 Å². The van der Waals surface area contributed by atoms with Crippen LogP contribution in [0.4, 0.5) is 5.82 Å². The summed E-state index contributed by atoms with van der Waals surface area (Å²) in [6.45, 7) is 2.96. The molecule has 4 nitrogen and oxygen atoms in total. The molecule has 1 heterocycles. The van der Waals surface area contributed by atoms with E-state index in [9.17, 15) is 0 Å². The normalized spacial score (nSPS) is 16.4. The maximum Gasteiger partial charge on any atom is 0.130 e. The van der Waals surface area contributed by atoms with Crippen LogP contribution in [0.3, 0.4) is 0 Å². The zero-order valence-electron chi connectivity index (χ0n) is 14.1. The number of aromatic nitrogens is 2. The van der Waals surface area contributed by atoms with Crippen LogP contribution in [0.15, 0.2) is 30.3 Å². The lowest BCUT2D eigenvalue weighted by atomic mass is 9.71. The van der Waals surface area contributed by atoms with Crippen molar-refractivity contribution in [1.82, 2.24) is 15.1 Å². The standard InChI is InChI=1S/C18H26N4/c1-14-16(17(21(2)3)22(4)20-14)13-19-18(11-8-12-18)15-9-6-5-7-10-15/h5-7,9-10,19H,8,11-13H2,1-4H3. The van der Waals surface area contributed by atoms with E-state index in [2.05, 4.69) is 66.7 Å². The lowest BCUT2D eigenvalue weighted by Gasteiger charge is -2.43. The number of anilines is 1. The summed E-state index contributed by atoms with van der Waals surface area (Å²) in [5.74, 6) is 1.19. The smallest absolute Gasteiger partial charge is 0.130 e. The van der Waals surface area contributed by atoms with Crippen LogP contribution in [0.25, 0.3) is 0 Å². The molecule has 118 valence electrons. The van der Waals surface area contributed by atoms with Crippen LogP contribution < -0.4 is 10.2 Å². The van der Waals surface area contributed by atoms with Crippen LogP contribution >= 0.6 is 0 Å². The average molecular weight is 298 g/mol. The quantitative estimate of drug-likeness (QED) is 0.921. The Balaban J connectivity index is 1.83. The van der Waals surface area contributed by atoms with E-state index in [0.717, 1.165) is 12.2 Å². The SMILES string of the molecule is Cc1nn(C)c(N(C)C)c1CNC1(c2ccccc2)CCC1. The van der Waals surface area contributed by atoms with Crippen LogP contribution in [0.1, 0.15) is 36.1 Å². The van der Waals surface area contributed by atoms with Crippen LogP contribution in [-0.2, 0) is 19.1 Å². The molecule has 0 amide bonds. The number of nitrogens with zero attached hydrogens (tertiary/aromatic N) is 3. The Morgan fingerprint density at radius 2 is 1.91 bits per heavy atom. The third-order valence-corrected chi connectivity index (χ3v) is 4.87. The molecule has 0 bridgehead atoms. The molecule has 3 rings (SSSR count). The van der Waals surface area contributed by atoms with Gasteiger partial charge in [0.25, 0.3) is 0 Å². The van der Waals surface area contributed by atoms with Gasteiger partial charge in [0, 0.05) is 38.8 Å². The minimum absolute atomic E-state index is 0.146. The van der Waals surface area contributed by atoms with Gasteiger partial charge in [-0.05, 0) is 31.7 Å². The summed E-state index contributed by atoms with van der Waals surface area (Å²) in [6.07, 6.45) is 3.73. The van der Waals surface area contributed by atoms with E-state index in [1.165, 1.54) is 36.2 Å². The number of nitrogens with one attached hydrogen (secondary N) is 1. The fourth-order valence-electron chi connectivity index (χ4n) is 3.57. The molecule has 1 aliphatic rings. The second kappa shape index (κ2) is 5.76. The molecule has 4 heteroatoms. The van der Waals surface area contributed by atoms with Gasteiger partial charge in [0.2, 0.25) is 0 Å². The highest BCUT2D eigenvalue weighted by Gasteiger charge is 2.38. The Morgan fingerprint density at radius 3 is 2.45 bits per heavy atom. The fraction of sp³-hybridized carbons (Fsp3) is 0.500. The van der Waals surface area contributed by atoms with Crippen molar-refractivity contribution in [2.45, 2.75) is 38.3 Å². The highest BCUT2D eigenvalue weighted by molar-refractivity contribution is 5.49. The van der Waals surface area contributed by atoms with Crippen molar-refractivity contribution in [2.75, 3.05) is 19.0 Å². The molecule has 0 spiro atoms. The van der Waals surface area contributed by atoms with Crippen molar-refractivity contribution < 1.29 is 0 Å². The molecule has 22 heavy (non-hydrogen) atoms. The highest BCUT2D eigenvalue weighted by atomic mass is 15.4. The van der Waals surface area contributed by atoms with Crippen LogP contribution in [0.5, 0.6) is 0 Å². The van der Waals surface area contributed by atoms with Crippen molar-refractivity contribution in [3.63, 3.8) is 0 Å². The molecule has 1 aromatic carbocycles. The molecule has 0 radical (unpaired) electrons. The van der Waals surface area contributed by atoms with Crippen LogP contribution in [0, 0.1) is 6.92 Å². The molecule has 1 N–H and O–H groups in total. The fourth-order valence-corrected chi connectivity index (χ4v) is 3.57. The van der Waals surface area contributed by atoms with Crippen molar-refractivity contribution in [1.29, 1.82) is 0 Å². The van der Waals surface area contributed by atoms with Gasteiger partial charge in [-0.2, -0.15) is 5.10 Å². The summed E-state index contributed by atoms with van der Waals surface area (Å²) in [6, 6.07) is 10.9. The highest BCUT2D eigenvalue weighted by Crippen LogP contribution is 2.41. The predicted molar refractivity (Wildman–Crippen MR) is 91.1 cm³/mol. The first-order chi connectivity index (χ1) is 10.5. The first-order valence-electron chi connectivity index (χ1n) is 8.04. The molecular weight excluding hydrogens is 272 g/mol. The van der Waals surface area contributed by atoms with E-state index < -0.39 is 0 Å². The zero-order valence-corrected chi connectivity index (χ0v) is 14.1. The number of hydrogen-bond acceptors (Lipinski definition) is 3. The van der Waals surface area contributed by atoms with Crippen molar-refractivity contribution in [3.05, 3.63) is 47.2 Å². The van der Waals surface area contributed by atoms with E-state index in [4.69, 9.17) is 0 Å². The van der Waals surface area contributed by atoms with E-state index in [-0.39, 0.29) is 5.54 Å². The van der Waals surface area contributed by atoms with Gasteiger partial charge in [0.05, 0.1) is 5.69 Å². The van der Waals surface area contributed by atoms with Crippen molar-refractivity contribution in [2.24, 2.45) is 7.05 Å². The molecular formula is C18H26N4. The minimum atomic E-state index is 0.146. The molecule has 1 saturated carbocycles. The van der Waals surface area contributed by atoms with Gasteiger partial charge in [-0.15, -0.1) is 0 Å². The molecule has 1 fully saturated rings. The summed E-state index contributed by atoms with van der Waals surface area (Å²) in [7, 11) is 6.18. The van der Waals surface area contributed by atoms with E-state index in [1.807, 2.05) is 11.7 Å². The molecule has 1 aromatic heterocycles. The van der Waals surface area contributed by atoms with Crippen molar-refractivity contribution in [3.8, 4) is 0 Å². The first-order valence-corrected chi connectivity index (χ1v) is 8.04. The number of benzene rings is 1. The summed E-state index contributed by atoms with van der Waals surface area (Å²) in [4.78, 5) is 2.15. The number of hydrogen-bond donors (Lipinski definition) is 1. The molecule has 2 aromatic rings. The third kappa shape index (κ3) is 2.52. The Hall–Kier alpha value is -1.81. The van der Waals surface area contributed by atoms with Gasteiger partial charge in [0.15, 0.2) is 0 Å². The molecule has 0 atom stereocenters. The maximum atomic E-state index is 4.58. The zero-order chi connectivity index (χ0) is 15.7. The minimum Gasteiger partial charge on any atom is -0.363 e. The second-order valence-corrected chi connectivity index (χ2v) is 6.56. The third-order valence-electron chi connectivity index (χ3n) is 4.87. The molecule has 0 saturated heterocycles. The first kappa shape index (κ1) is 15.1. The van der Waals surface area contributed by atoms with E-state index >= 15 is 0 Å². The average Bonchev–Trinajstić information content (AvgIpc) is 2.73. The van der Waals surface area contributed by atoms with Gasteiger partial charge in [-0.3, -0.25) is 4.68 Å². The summed E-state index contributed by atoms with van der Waals surface area (Å²) in [5.41, 5.74) is 3.97. The maximum absolute atomic E-state index is 4.58. The van der Waals surface area contributed by atoms with Gasteiger partial charge in [-0.1, -0.05) is 30.3 Å². The summed E-state index contributed by atoms with van der Waals surface area (Å²) in [5, 5.41) is 8.42. The predicted octanol–water partition coefficient (Wildman–Crippen LogP) is 2.96. The Morgan fingerprint density at radius 1 is 1.23 bits per heavy atom. The summed E-state index contributed by atoms with van der Waals surface area (Å²) >= 11 is 0. The van der Waals surface area contributed by atoms with Crippen molar-refractivity contribution >= 4 is 5.82 Å².